The molecule has 0 unspecified atom stereocenters. The average Bonchev–Trinajstić information content (AvgIpc) is 2.67. The summed E-state index contributed by atoms with van der Waals surface area (Å²) in [5.41, 5.74) is 0.904. The van der Waals surface area contributed by atoms with Gasteiger partial charge >= 0.3 is 0 Å². The topological polar surface area (TPSA) is 84.9 Å². The normalized spacial score (nSPS) is 11.6. The Morgan fingerprint density at radius 3 is 2.24 bits per heavy atom. The lowest BCUT2D eigenvalue weighted by Crippen LogP contribution is -2.22. The third-order valence-electron chi connectivity index (χ3n) is 3.97. The summed E-state index contributed by atoms with van der Waals surface area (Å²) in [6.07, 6.45) is 0. The lowest BCUT2D eigenvalue weighted by molar-refractivity contribution is 0.102. The standard InChI is InChI=1S/C21H28N2O5S/c1-6-27-20-13-16(7-12-19(20)28-14-15(2)3)21(24)22-17-8-10-18(11-9-17)29(25,26)23(4)5/h7-13,15H,6,14H2,1-5H3,(H,22,24). The molecule has 0 saturated carbocycles. The number of amides is 1. The monoisotopic (exact) mass is 420 g/mol. The highest BCUT2D eigenvalue weighted by Crippen LogP contribution is 2.29. The lowest BCUT2D eigenvalue weighted by atomic mass is 10.1. The first kappa shape index (κ1) is 22.7. The first-order valence-corrected chi connectivity index (χ1v) is 10.8. The molecule has 158 valence electrons. The number of hydrogen-bond donors (Lipinski definition) is 1. The Morgan fingerprint density at radius 2 is 1.69 bits per heavy atom. The van der Waals surface area contributed by atoms with Gasteiger partial charge in [0.1, 0.15) is 0 Å². The van der Waals surface area contributed by atoms with Crippen LogP contribution in [0, 0.1) is 5.92 Å². The molecule has 29 heavy (non-hydrogen) atoms. The van der Waals surface area contributed by atoms with Gasteiger partial charge in [-0.25, -0.2) is 12.7 Å². The zero-order valence-corrected chi connectivity index (χ0v) is 18.2. The average molecular weight is 421 g/mol. The van der Waals surface area contributed by atoms with Crippen molar-refractivity contribution in [3.05, 3.63) is 48.0 Å². The molecular formula is C21H28N2O5S. The summed E-state index contributed by atoms with van der Waals surface area (Å²) in [5, 5.41) is 2.76. The van der Waals surface area contributed by atoms with Crippen LogP contribution in [0.3, 0.4) is 0 Å². The van der Waals surface area contributed by atoms with Crippen LogP contribution in [0.15, 0.2) is 47.4 Å². The van der Waals surface area contributed by atoms with E-state index in [1.54, 1.807) is 30.3 Å². The molecule has 0 bridgehead atoms. The van der Waals surface area contributed by atoms with Crippen LogP contribution in [-0.4, -0.2) is 45.9 Å². The number of rotatable bonds is 9. The number of hydrogen-bond acceptors (Lipinski definition) is 5. The van der Waals surface area contributed by atoms with Crippen molar-refractivity contribution >= 4 is 21.6 Å². The quantitative estimate of drug-likeness (QED) is 0.670. The van der Waals surface area contributed by atoms with E-state index in [1.165, 1.54) is 26.2 Å². The van der Waals surface area contributed by atoms with Crippen molar-refractivity contribution in [1.82, 2.24) is 4.31 Å². The second kappa shape index (κ2) is 9.76. The number of anilines is 1. The molecule has 8 heteroatoms. The van der Waals surface area contributed by atoms with Crippen LogP contribution in [0.4, 0.5) is 5.69 Å². The van der Waals surface area contributed by atoms with Crippen LogP contribution in [-0.2, 0) is 10.0 Å². The number of carbonyl (C=O) groups is 1. The Hall–Kier alpha value is -2.58. The zero-order chi connectivity index (χ0) is 21.6. The lowest BCUT2D eigenvalue weighted by Gasteiger charge is -2.15. The molecule has 0 spiro atoms. The van der Waals surface area contributed by atoms with E-state index in [2.05, 4.69) is 19.2 Å². The Kier molecular flexibility index (Phi) is 7.64. The number of nitrogens with zero attached hydrogens (tertiary/aromatic N) is 1. The van der Waals surface area contributed by atoms with E-state index >= 15 is 0 Å². The van der Waals surface area contributed by atoms with Crippen LogP contribution in [0.25, 0.3) is 0 Å². The summed E-state index contributed by atoms with van der Waals surface area (Å²) in [7, 11) is -0.577. The predicted molar refractivity (Wildman–Crippen MR) is 113 cm³/mol. The Balaban J connectivity index is 2.17. The number of nitrogens with one attached hydrogen (secondary N) is 1. The highest BCUT2D eigenvalue weighted by atomic mass is 32.2. The molecule has 0 aliphatic carbocycles. The summed E-state index contributed by atoms with van der Waals surface area (Å²) in [6.45, 7) is 6.97. The number of sulfonamides is 1. The molecule has 2 rings (SSSR count). The molecule has 1 amide bonds. The fourth-order valence-electron chi connectivity index (χ4n) is 2.42. The Morgan fingerprint density at radius 1 is 1.03 bits per heavy atom. The van der Waals surface area contributed by atoms with Crippen LogP contribution in [0.2, 0.25) is 0 Å². The van der Waals surface area contributed by atoms with E-state index in [1.807, 2.05) is 6.92 Å². The molecule has 0 aromatic heterocycles. The van der Waals surface area contributed by atoms with Crippen molar-refractivity contribution < 1.29 is 22.7 Å². The minimum absolute atomic E-state index is 0.158. The summed E-state index contributed by atoms with van der Waals surface area (Å²) in [5.74, 6) is 1.14. The van der Waals surface area contributed by atoms with E-state index in [0.29, 0.717) is 41.9 Å². The van der Waals surface area contributed by atoms with Gasteiger partial charge in [0.15, 0.2) is 11.5 Å². The van der Waals surface area contributed by atoms with Crippen molar-refractivity contribution in [3.63, 3.8) is 0 Å². The minimum atomic E-state index is -3.51. The summed E-state index contributed by atoms with van der Waals surface area (Å²) in [4.78, 5) is 12.8. The van der Waals surface area contributed by atoms with Gasteiger partial charge in [-0.05, 0) is 55.3 Å². The molecule has 0 atom stereocenters. The van der Waals surface area contributed by atoms with Crippen molar-refractivity contribution in [2.45, 2.75) is 25.7 Å². The van der Waals surface area contributed by atoms with Crippen LogP contribution >= 0.6 is 0 Å². The highest BCUT2D eigenvalue weighted by Gasteiger charge is 2.17. The largest absolute Gasteiger partial charge is 0.490 e. The second-order valence-electron chi connectivity index (χ2n) is 7.07. The molecule has 0 saturated heterocycles. The van der Waals surface area contributed by atoms with E-state index in [4.69, 9.17) is 9.47 Å². The van der Waals surface area contributed by atoms with Gasteiger partial charge in [-0.3, -0.25) is 4.79 Å². The number of ether oxygens (including phenoxy) is 2. The molecule has 0 aliphatic heterocycles. The maximum Gasteiger partial charge on any atom is 0.255 e. The molecule has 2 aromatic carbocycles. The molecule has 0 fully saturated rings. The van der Waals surface area contributed by atoms with Gasteiger partial charge in [-0.15, -0.1) is 0 Å². The van der Waals surface area contributed by atoms with Crippen molar-refractivity contribution in [1.29, 1.82) is 0 Å². The summed E-state index contributed by atoms with van der Waals surface area (Å²) in [6, 6.07) is 11.0. The first-order valence-electron chi connectivity index (χ1n) is 9.38. The third-order valence-corrected chi connectivity index (χ3v) is 5.80. The molecule has 1 N–H and O–H groups in total. The highest BCUT2D eigenvalue weighted by molar-refractivity contribution is 7.89. The van der Waals surface area contributed by atoms with Gasteiger partial charge in [-0.1, -0.05) is 13.8 Å². The first-order chi connectivity index (χ1) is 13.6. The zero-order valence-electron chi connectivity index (χ0n) is 17.4. The fourth-order valence-corrected chi connectivity index (χ4v) is 3.32. The van der Waals surface area contributed by atoms with Crippen molar-refractivity contribution in [2.24, 2.45) is 5.92 Å². The van der Waals surface area contributed by atoms with Crippen LogP contribution in [0.5, 0.6) is 11.5 Å². The Bertz CT molecular complexity index is 938. The van der Waals surface area contributed by atoms with Gasteiger partial charge in [0.05, 0.1) is 18.1 Å². The van der Waals surface area contributed by atoms with Crippen LogP contribution < -0.4 is 14.8 Å². The minimum Gasteiger partial charge on any atom is -0.490 e. The molecule has 7 nitrogen and oxygen atoms in total. The molecule has 0 radical (unpaired) electrons. The van der Waals surface area contributed by atoms with Gasteiger partial charge in [0.2, 0.25) is 10.0 Å². The fraction of sp³-hybridized carbons (Fsp3) is 0.381. The summed E-state index contributed by atoms with van der Waals surface area (Å²) < 4.78 is 36.8. The summed E-state index contributed by atoms with van der Waals surface area (Å²) >= 11 is 0. The predicted octanol–water partition coefficient (Wildman–Crippen LogP) is 3.62. The van der Waals surface area contributed by atoms with Gasteiger partial charge in [0.25, 0.3) is 5.91 Å². The molecule has 2 aromatic rings. The smallest absolute Gasteiger partial charge is 0.255 e. The SMILES string of the molecule is CCOc1cc(C(=O)Nc2ccc(S(=O)(=O)N(C)C)cc2)ccc1OCC(C)C. The van der Waals surface area contributed by atoms with E-state index in [9.17, 15) is 13.2 Å². The van der Waals surface area contributed by atoms with Gasteiger partial charge < -0.3 is 14.8 Å². The Labute approximate surface area is 172 Å². The van der Waals surface area contributed by atoms with Crippen molar-refractivity contribution in [2.75, 3.05) is 32.6 Å². The van der Waals surface area contributed by atoms with Crippen LogP contribution in [0.1, 0.15) is 31.1 Å². The molecular weight excluding hydrogens is 392 g/mol. The van der Waals surface area contributed by atoms with E-state index in [-0.39, 0.29) is 10.8 Å². The molecule has 0 aliphatic rings. The maximum atomic E-state index is 12.6. The van der Waals surface area contributed by atoms with Gasteiger partial charge in [0, 0.05) is 25.3 Å². The maximum absolute atomic E-state index is 12.6. The van der Waals surface area contributed by atoms with Gasteiger partial charge in [-0.2, -0.15) is 0 Å². The number of carbonyl (C=O) groups excluding carboxylic acids is 1. The van der Waals surface area contributed by atoms with E-state index < -0.39 is 10.0 Å². The number of benzene rings is 2. The second-order valence-corrected chi connectivity index (χ2v) is 9.22. The van der Waals surface area contributed by atoms with E-state index in [0.717, 1.165) is 4.31 Å². The molecule has 0 heterocycles. The third kappa shape index (κ3) is 5.95. The van der Waals surface area contributed by atoms with Crippen molar-refractivity contribution in [3.8, 4) is 11.5 Å².